The first-order valence-electron chi connectivity index (χ1n) is 9.68. The number of ether oxygens (including phenoxy) is 2. The summed E-state index contributed by atoms with van der Waals surface area (Å²) in [5.41, 5.74) is 1.31. The number of likely N-dealkylation sites (tertiary alicyclic amines) is 1. The van der Waals surface area contributed by atoms with Gasteiger partial charge in [0.25, 0.3) is 0 Å². The number of carbonyl (C=O) groups excluding carboxylic acids is 2. The molecule has 1 amide bonds. The molecule has 1 aliphatic heterocycles. The van der Waals surface area contributed by atoms with E-state index in [1.54, 1.807) is 12.0 Å². The van der Waals surface area contributed by atoms with Crippen LogP contribution in [-0.2, 0) is 20.7 Å². The summed E-state index contributed by atoms with van der Waals surface area (Å²) in [4.78, 5) is 27.6. The van der Waals surface area contributed by atoms with E-state index in [1.807, 2.05) is 19.2 Å². The van der Waals surface area contributed by atoms with Gasteiger partial charge in [-0.25, -0.2) is 0 Å². The van der Waals surface area contributed by atoms with E-state index in [2.05, 4.69) is 21.8 Å². The highest BCUT2D eigenvalue weighted by molar-refractivity contribution is 5.81. The minimum atomic E-state index is -0.334. The second-order valence-electron chi connectivity index (χ2n) is 7.26. The van der Waals surface area contributed by atoms with Crippen LogP contribution in [0.2, 0.25) is 0 Å². The van der Waals surface area contributed by atoms with E-state index in [-0.39, 0.29) is 24.7 Å². The molecule has 6 heteroatoms. The molecule has 1 fully saturated rings. The van der Waals surface area contributed by atoms with Gasteiger partial charge < -0.3 is 19.3 Å². The normalized spacial score (nSPS) is 17.4. The van der Waals surface area contributed by atoms with Gasteiger partial charge in [-0.1, -0.05) is 12.1 Å². The Hall–Kier alpha value is -2.08. The predicted octanol–water partition coefficient (Wildman–Crippen LogP) is 2.36. The van der Waals surface area contributed by atoms with Crippen LogP contribution in [0.4, 0.5) is 0 Å². The quantitative estimate of drug-likeness (QED) is 0.619. The lowest BCUT2D eigenvalue weighted by atomic mass is 9.97. The standard InChI is InChI=1S/C21H32N2O4/c1-22(20(24)10-11-21(25)27-3)15-18-5-4-13-23(16-18)14-12-17-6-8-19(26-2)9-7-17/h6-9,18H,4-5,10-16H2,1-3H3/t18-/m0/s1. The Morgan fingerprint density at radius 3 is 2.59 bits per heavy atom. The third kappa shape index (κ3) is 7.21. The smallest absolute Gasteiger partial charge is 0.306 e. The van der Waals surface area contributed by atoms with Crippen molar-refractivity contribution >= 4 is 11.9 Å². The third-order valence-electron chi connectivity index (χ3n) is 5.21. The molecule has 2 rings (SSSR count). The van der Waals surface area contributed by atoms with E-state index >= 15 is 0 Å². The molecule has 0 bridgehead atoms. The second kappa shape index (κ2) is 10.9. The van der Waals surface area contributed by atoms with Crippen LogP contribution in [0.25, 0.3) is 0 Å². The number of hydrogen-bond donors (Lipinski definition) is 0. The van der Waals surface area contributed by atoms with Crippen LogP contribution < -0.4 is 4.74 Å². The third-order valence-corrected chi connectivity index (χ3v) is 5.21. The van der Waals surface area contributed by atoms with Crippen LogP contribution in [0, 0.1) is 5.92 Å². The lowest BCUT2D eigenvalue weighted by molar-refractivity contribution is -0.143. The minimum Gasteiger partial charge on any atom is -0.497 e. The molecule has 1 heterocycles. The average Bonchev–Trinajstić information content (AvgIpc) is 2.70. The Morgan fingerprint density at radius 1 is 1.19 bits per heavy atom. The lowest BCUT2D eigenvalue weighted by Crippen LogP contribution is -2.42. The number of benzene rings is 1. The maximum absolute atomic E-state index is 12.2. The van der Waals surface area contributed by atoms with Crippen molar-refractivity contribution in [3.63, 3.8) is 0 Å². The van der Waals surface area contributed by atoms with Gasteiger partial charge in [0.2, 0.25) is 5.91 Å². The summed E-state index contributed by atoms with van der Waals surface area (Å²) in [7, 11) is 4.86. The fourth-order valence-electron chi connectivity index (χ4n) is 3.57. The Labute approximate surface area is 162 Å². The van der Waals surface area contributed by atoms with E-state index in [1.165, 1.54) is 12.7 Å². The molecule has 0 aromatic heterocycles. The summed E-state index contributed by atoms with van der Waals surface area (Å²) < 4.78 is 9.80. The van der Waals surface area contributed by atoms with Gasteiger partial charge in [0.1, 0.15) is 5.75 Å². The fourth-order valence-corrected chi connectivity index (χ4v) is 3.57. The SMILES string of the molecule is COC(=O)CCC(=O)N(C)C[C@@H]1CCCN(CCc2ccc(OC)cc2)C1. The molecule has 1 aromatic carbocycles. The zero-order valence-corrected chi connectivity index (χ0v) is 16.8. The molecule has 1 aromatic rings. The minimum absolute atomic E-state index is 0.00996. The first-order valence-corrected chi connectivity index (χ1v) is 9.68. The summed E-state index contributed by atoms with van der Waals surface area (Å²) in [6.07, 6.45) is 3.70. The Bertz CT molecular complexity index is 603. The fraction of sp³-hybridized carbons (Fsp3) is 0.619. The van der Waals surface area contributed by atoms with Crippen molar-refractivity contribution in [2.24, 2.45) is 5.92 Å². The predicted molar refractivity (Wildman–Crippen MR) is 105 cm³/mol. The maximum atomic E-state index is 12.2. The van der Waals surface area contributed by atoms with Gasteiger partial charge in [0.15, 0.2) is 0 Å². The van der Waals surface area contributed by atoms with Crippen molar-refractivity contribution in [3.05, 3.63) is 29.8 Å². The van der Waals surface area contributed by atoms with Gasteiger partial charge in [0, 0.05) is 33.1 Å². The summed E-state index contributed by atoms with van der Waals surface area (Å²) in [5.74, 6) is 1.05. The van der Waals surface area contributed by atoms with Crippen LogP contribution in [0.3, 0.4) is 0 Å². The highest BCUT2D eigenvalue weighted by Gasteiger charge is 2.22. The molecule has 0 aliphatic carbocycles. The van der Waals surface area contributed by atoms with Crippen molar-refractivity contribution in [3.8, 4) is 5.75 Å². The molecule has 0 unspecified atom stereocenters. The summed E-state index contributed by atoms with van der Waals surface area (Å²) in [6.45, 7) is 3.92. The summed E-state index contributed by atoms with van der Waals surface area (Å²) in [5, 5.41) is 0. The number of carbonyl (C=O) groups is 2. The van der Waals surface area contributed by atoms with E-state index in [0.717, 1.165) is 51.2 Å². The van der Waals surface area contributed by atoms with E-state index < -0.39 is 0 Å². The zero-order valence-electron chi connectivity index (χ0n) is 16.8. The topological polar surface area (TPSA) is 59.1 Å². The Kier molecular flexibility index (Phi) is 8.58. The monoisotopic (exact) mass is 376 g/mol. The number of hydrogen-bond acceptors (Lipinski definition) is 5. The molecular formula is C21H32N2O4. The van der Waals surface area contributed by atoms with Crippen molar-refractivity contribution in [2.45, 2.75) is 32.1 Å². The van der Waals surface area contributed by atoms with Crippen molar-refractivity contribution in [2.75, 3.05) is 47.4 Å². The largest absolute Gasteiger partial charge is 0.497 e. The number of amides is 1. The first-order chi connectivity index (χ1) is 13.0. The van der Waals surface area contributed by atoms with Gasteiger partial charge in [-0.2, -0.15) is 0 Å². The van der Waals surface area contributed by atoms with Crippen molar-refractivity contribution in [1.82, 2.24) is 9.80 Å². The number of methoxy groups -OCH3 is 2. The molecule has 27 heavy (non-hydrogen) atoms. The molecular weight excluding hydrogens is 344 g/mol. The van der Waals surface area contributed by atoms with Gasteiger partial charge in [-0.3, -0.25) is 9.59 Å². The van der Waals surface area contributed by atoms with E-state index in [9.17, 15) is 9.59 Å². The number of esters is 1. The van der Waals surface area contributed by atoms with Gasteiger partial charge in [0.05, 0.1) is 20.6 Å². The molecule has 1 atom stereocenters. The number of nitrogens with zero attached hydrogens (tertiary/aromatic N) is 2. The Morgan fingerprint density at radius 2 is 1.93 bits per heavy atom. The van der Waals surface area contributed by atoms with Crippen LogP contribution in [0.1, 0.15) is 31.2 Å². The molecule has 0 spiro atoms. The van der Waals surface area contributed by atoms with Crippen LogP contribution in [-0.4, -0.2) is 69.1 Å². The molecule has 6 nitrogen and oxygen atoms in total. The van der Waals surface area contributed by atoms with E-state index in [4.69, 9.17) is 4.74 Å². The molecule has 0 saturated carbocycles. The molecule has 1 saturated heterocycles. The summed E-state index contributed by atoms with van der Waals surface area (Å²) >= 11 is 0. The second-order valence-corrected chi connectivity index (χ2v) is 7.26. The molecule has 150 valence electrons. The van der Waals surface area contributed by atoms with Gasteiger partial charge >= 0.3 is 5.97 Å². The molecule has 0 N–H and O–H groups in total. The summed E-state index contributed by atoms with van der Waals surface area (Å²) in [6, 6.07) is 8.24. The lowest BCUT2D eigenvalue weighted by Gasteiger charge is -2.34. The molecule has 0 radical (unpaired) electrons. The highest BCUT2D eigenvalue weighted by Crippen LogP contribution is 2.19. The van der Waals surface area contributed by atoms with E-state index in [0.29, 0.717) is 5.92 Å². The number of rotatable bonds is 9. The van der Waals surface area contributed by atoms with Gasteiger partial charge in [-0.15, -0.1) is 0 Å². The van der Waals surface area contributed by atoms with Crippen molar-refractivity contribution < 1.29 is 19.1 Å². The number of piperidine rings is 1. The van der Waals surface area contributed by atoms with Gasteiger partial charge in [-0.05, 0) is 49.4 Å². The Balaban J connectivity index is 1.74. The average molecular weight is 376 g/mol. The van der Waals surface area contributed by atoms with Crippen LogP contribution >= 0.6 is 0 Å². The van der Waals surface area contributed by atoms with Crippen LogP contribution in [0.15, 0.2) is 24.3 Å². The highest BCUT2D eigenvalue weighted by atomic mass is 16.5. The van der Waals surface area contributed by atoms with Crippen molar-refractivity contribution in [1.29, 1.82) is 0 Å². The molecule has 1 aliphatic rings. The van der Waals surface area contributed by atoms with Crippen LogP contribution in [0.5, 0.6) is 5.75 Å². The maximum Gasteiger partial charge on any atom is 0.306 e. The first kappa shape index (κ1) is 21.2. The zero-order chi connectivity index (χ0) is 19.6.